The standard InChI is InChI=1S/C11H18N4O/c1-8(12)3-5-15-7-10(14-11(15)16)9-2-4-13-6-9/h2,4,6,8,10,13H,3,5,7,12H2,1H3,(H,14,16). The second-order valence-corrected chi connectivity index (χ2v) is 4.36. The van der Waals surface area contributed by atoms with Crippen molar-refractivity contribution in [2.24, 2.45) is 5.73 Å². The monoisotopic (exact) mass is 222 g/mol. The Balaban J connectivity index is 1.92. The third kappa shape index (κ3) is 2.36. The summed E-state index contributed by atoms with van der Waals surface area (Å²) in [5.41, 5.74) is 6.80. The number of hydrogen-bond acceptors (Lipinski definition) is 2. The van der Waals surface area contributed by atoms with Gasteiger partial charge in [-0.25, -0.2) is 4.79 Å². The van der Waals surface area contributed by atoms with Gasteiger partial charge in [0.1, 0.15) is 0 Å². The van der Waals surface area contributed by atoms with Gasteiger partial charge in [0.05, 0.1) is 6.04 Å². The third-order valence-electron chi connectivity index (χ3n) is 2.87. The van der Waals surface area contributed by atoms with E-state index in [0.717, 1.165) is 25.1 Å². The first kappa shape index (κ1) is 11.0. The molecule has 0 radical (unpaired) electrons. The smallest absolute Gasteiger partial charge is 0.318 e. The lowest BCUT2D eigenvalue weighted by Gasteiger charge is -2.15. The molecule has 2 heterocycles. The van der Waals surface area contributed by atoms with Crippen molar-refractivity contribution in [1.82, 2.24) is 15.2 Å². The molecule has 2 atom stereocenters. The first-order valence-electron chi connectivity index (χ1n) is 5.60. The van der Waals surface area contributed by atoms with Crippen LogP contribution in [-0.2, 0) is 0 Å². The number of nitrogens with one attached hydrogen (secondary N) is 2. The van der Waals surface area contributed by atoms with E-state index < -0.39 is 0 Å². The normalized spacial score (nSPS) is 22.2. The van der Waals surface area contributed by atoms with Gasteiger partial charge in [0.25, 0.3) is 0 Å². The maximum Gasteiger partial charge on any atom is 0.318 e. The first-order chi connectivity index (χ1) is 7.66. The zero-order valence-electron chi connectivity index (χ0n) is 9.44. The first-order valence-corrected chi connectivity index (χ1v) is 5.60. The molecular formula is C11H18N4O. The summed E-state index contributed by atoms with van der Waals surface area (Å²) in [5.74, 6) is 0. The molecule has 0 bridgehead atoms. The van der Waals surface area contributed by atoms with Crippen LogP contribution in [0.15, 0.2) is 18.5 Å². The van der Waals surface area contributed by atoms with Crippen LogP contribution in [0.1, 0.15) is 24.9 Å². The van der Waals surface area contributed by atoms with Crippen LogP contribution in [0.4, 0.5) is 4.79 Å². The van der Waals surface area contributed by atoms with Crippen molar-refractivity contribution < 1.29 is 4.79 Å². The zero-order chi connectivity index (χ0) is 11.5. The lowest BCUT2D eigenvalue weighted by molar-refractivity contribution is 0.216. The molecule has 1 aliphatic heterocycles. The molecule has 5 nitrogen and oxygen atoms in total. The number of nitrogens with two attached hydrogens (primary N) is 1. The number of H-pyrrole nitrogens is 1. The number of amides is 2. The van der Waals surface area contributed by atoms with Gasteiger partial charge in [0.2, 0.25) is 0 Å². The summed E-state index contributed by atoms with van der Waals surface area (Å²) in [6.07, 6.45) is 4.62. The van der Waals surface area contributed by atoms with E-state index in [1.807, 2.05) is 30.3 Å². The summed E-state index contributed by atoms with van der Waals surface area (Å²) in [4.78, 5) is 16.5. The zero-order valence-corrected chi connectivity index (χ0v) is 9.44. The van der Waals surface area contributed by atoms with Crippen molar-refractivity contribution in [3.8, 4) is 0 Å². The number of aromatic nitrogens is 1. The Labute approximate surface area is 95.0 Å². The molecular weight excluding hydrogens is 204 g/mol. The number of carbonyl (C=O) groups excluding carboxylic acids is 1. The van der Waals surface area contributed by atoms with Gasteiger partial charge < -0.3 is 20.9 Å². The average Bonchev–Trinajstić information content (AvgIpc) is 2.83. The minimum absolute atomic E-state index is 0.00634. The molecule has 16 heavy (non-hydrogen) atoms. The SMILES string of the molecule is CC(N)CCN1CC(c2cc[nH]c2)NC1=O. The van der Waals surface area contributed by atoms with Crippen molar-refractivity contribution in [3.05, 3.63) is 24.0 Å². The molecule has 0 saturated carbocycles. The number of urea groups is 1. The Hall–Kier alpha value is -1.49. The van der Waals surface area contributed by atoms with E-state index >= 15 is 0 Å². The molecule has 5 heteroatoms. The highest BCUT2D eigenvalue weighted by Crippen LogP contribution is 2.19. The van der Waals surface area contributed by atoms with Crippen LogP contribution < -0.4 is 11.1 Å². The van der Waals surface area contributed by atoms with Gasteiger partial charge in [-0.15, -0.1) is 0 Å². The highest BCUT2D eigenvalue weighted by molar-refractivity contribution is 5.77. The van der Waals surface area contributed by atoms with Gasteiger partial charge in [-0.1, -0.05) is 0 Å². The fourth-order valence-electron chi connectivity index (χ4n) is 1.88. The summed E-state index contributed by atoms with van der Waals surface area (Å²) in [7, 11) is 0. The predicted molar refractivity (Wildman–Crippen MR) is 61.9 cm³/mol. The molecule has 1 aromatic heterocycles. The minimum atomic E-state index is 0.00634. The van der Waals surface area contributed by atoms with Crippen molar-refractivity contribution in [2.75, 3.05) is 13.1 Å². The largest absolute Gasteiger partial charge is 0.367 e. The Kier molecular flexibility index (Phi) is 3.14. The minimum Gasteiger partial charge on any atom is -0.367 e. The highest BCUT2D eigenvalue weighted by atomic mass is 16.2. The van der Waals surface area contributed by atoms with Gasteiger partial charge in [-0.2, -0.15) is 0 Å². The van der Waals surface area contributed by atoms with Crippen LogP contribution in [0.3, 0.4) is 0 Å². The Morgan fingerprint density at radius 3 is 3.12 bits per heavy atom. The quantitative estimate of drug-likeness (QED) is 0.705. The Bertz CT molecular complexity index is 347. The molecule has 1 fully saturated rings. The van der Waals surface area contributed by atoms with Crippen molar-refractivity contribution >= 4 is 6.03 Å². The molecule has 1 saturated heterocycles. The topological polar surface area (TPSA) is 74.2 Å². The van der Waals surface area contributed by atoms with Crippen molar-refractivity contribution in [2.45, 2.75) is 25.4 Å². The van der Waals surface area contributed by atoms with E-state index in [4.69, 9.17) is 5.73 Å². The van der Waals surface area contributed by atoms with E-state index in [-0.39, 0.29) is 18.1 Å². The van der Waals surface area contributed by atoms with E-state index in [1.165, 1.54) is 0 Å². The molecule has 2 amide bonds. The van der Waals surface area contributed by atoms with Crippen LogP contribution in [0.2, 0.25) is 0 Å². The van der Waals surface area contributed by atoms with Gasteiger partial charge >= 0.3 is 6.03 Å². The fourth-order valence-corrected chi connectivity index (χ4v) is 1.88. The Morgan fingerprint density at radius 1 is 1.69 bits per heavy atom. The van der Waals surface area contributed by atoms with Crippen molar-refractivity contribution in [3.63, 3.8) is 0 Å². The third-order valence-corrected chi connectivity index (χ3v) is 2.87. The van der Waals surface area contributed by atoms with Gasteiger partial charge in [0.15, 0.2) is 0 Å². The molecule has 0 aliphatic carbocycles. The summed E-state index contributed by atoms with van der Waals surface area (Å²) < 4.78 is 0. The average molecular weight is 222 g/mol. The fraction of sp³-hybridized carbons (Fsp3) is 0.545. The molecule has 4 N–H and O–H groups in total. The number of nitrogens with zero attached hydrogens (tertiary/aromatic N) is 1. The summed E-state index contributed by atoms with van der Waals surface area (Å²) in [6, 6.07) is 2.23. The predicted octanol–water partition coefficient (Wildman–Crippen LogP) is 0.818. The van der Waals surface area contributed by atoms with Gasteiger partial charge in [0, 0.05) is 31.5 Å². The number of rotatable bonds is 4. The summed E-state index contributed by atoms with van der Waals surface area (Å²) >= 11 is 0. The van der Waals surface area contributed by atoms with Crippen LogP contribution in [0, 0.1) is 0 Å². The number of aromatic amines is 1. The van der Waals surface area contributed by atoms with Crippen LogP contribution >= 0.6 is 0 Å². The second kappa shape index (κ2) is 4.57. The number of carbonyl (C=O) groups is 1. The summed E-state index contributed by atoms with van der Waals surface area (Å²) in [6.45, 7) is 3.41. The molecule has 88 valence electrons. The molecule has 0 aromatic carbocycles. The lowest BCUT2D eigenvalue weighted by Crippen LogP contribution is -2.32. The maximum absolute atomic E-state index is 11.7. The van der Waals surface area contributed by atoms with Gasteiger partial charge in [-0.05, 0) is 25.0 Å². The Morgan fingerprint density at radius 2 is 2.50 bits per heavy atom. The maximum atomic E-state index is 11.7. The second-order valence-electron chi connectivity index (χ2n) is 4.36. The van der Waals surface area contributed by atoms with Gasteiger partial charge in [-0.3, -0.25) is 0 Å². The van der Waals surface area contributed by atoms with Crippen LogP contribution in [0.25, 0.3) is 0 Å². The van der Waals surface area contributed by atoms with Crippen LogP contribution in [0.5, 0.6) is 0 Å². The van der Waals surface area contributed by atoms with E-state index in [0.29, 0.717) is 0 Å². The van der Waals surface area contributed by atoms with E-state index in [2.05, 4.69) is 10.3 Å². The molecule has 2 unspecified atom stereocenters. The van der Waals surface area contributed by atoms with E-state index in [1.54, 1.807) is 0 Å². The van der Waals surface area contributed by atoms with Crippen molar-refractivity contribution in [1.29, 1.82) is 0 Å². The lowest BCUT2D eigenvalue weighted by atomic mass is 10.1. The summed E-state index contributed by atoms with van der Waals surface area (Å²) in [5, 5.41) is 2.96. The number of hydrogen-bond donors (Lipinski definition) is 3. The molecule has 2 rings (SSSR count). The molecule has 0 spiro atoms. The van der Waals surface area contributed by atoms with E-state index in [9.17, 15) is 4.79 Å². The molecule has 1 aromatic rings. The highest BCUT2D eigenvalue weighted by Gasteiger charge is 2.29. The van der Waals surface area contributed by atoms with Crippen LogP contribution in [-0.4, -0.2) is 35.0 Å². The molecule has 1 aliphatic rings.